The second-order valence-corrected chi connectivity index (χ2v) is 22.6. The monoisotopic (exact) mass is 789 g/mol. The average molecular weight is 789 g/mol. The van der Waals surface area contributed by atoms with Crippen molar-refractivity contribution in [1.29, 1.82) is 0 Å². The Kier molecular flexibility index (Phi) is 18.7. The van der Waals surface area contributed by atoms with Crippen molar-refractivity contribution in [1.82, 2.24) is 10.2 Å². The third-order valence-electron chi connectivity index (χ3n) is 16.3. The van der Waals surface area contributed by atoms with Crippen LogP contribution >= 0.6 is 21.6 Å². The molecular weight excluding hydrogens is 701 g/mol. The molecule has 4 aliphatic carbocycles. The van der Waals surface area contributed by atoms with Crippen molar-refractivity contribution in [3.05, 3.63) is 11.6 Å². The highest BCUT2D eigenvalue weighted by Gasteiger charge is 2.58. The Morgan fingerprint density at radius 2 is 1.61 bits per heavy atom. The third kappa shape index (κ3) is 12.2. The molecular formula is C47H88N4OS2. The van der Waals surface area contributed by atoms with Crippen molar-refractivity contribution in [2.24, 2.45) is 51.9 Å². The second kappa shape index (κ2) is 21.7. The molecule has 5 nitrogen and oxygen atoms in total. The van der Waals surface area contributed by atoms with Crippen LogP contribution in [0.4, 0.5) is 0 Å². The summed E-state index contributed by atoms with van der Waals surface area (Å²) >= 11 is 0. The van der Waals surface area contributed by atoms with Gasteiger partial charge in [0, 0.05) is 41.6 Å². The van der Waals surface area contributed by atoms with E-state index in [9.17, 15) is 4.79 Å². The van der Waals surface area contributed by atoms with Gasteiger partial charge >= 0.3 is 0 Å². The van der Waals surface area contributed by atoms with Crippen LogP contribution in [0, 0.1) is 40.4 Å². The van der Waals surface area contributed by atoms with Gasteiger partial charge in [0.05, 0.1) is 0 Å². The molecule has 3 saturated carbocycles. The molecule has 0 saturated heterocycles. The Hall–Kier alpha value is -0.210. The number of nitrogens with zero attached hydrogens (tertiary/aromatic N) is 1. The SMILES string of the molecule is CCC(N)(CC)CCNCCCCN(CCC(N)(CC)CC)C(=O)CCSSC1CCC2(C)C(=CCC3C2CCC2(C)C(CCCCC(C)C)CCC32)C1. The van der Waals surface area contributed by atoms with Gasteiger partial charge in [0.2, 0.25) is 5.91 Å². The molecule has 7 heteroatoms. The molecule has 0 radical (unpaired) electrons. The summed E-state index contributed by atoms with van der Waals surface area (Å²) in [5.41, 5.74) is 15.8. The fourth-order valence-electron chi connectivity index (χ4n) is 11.6. The van der Waals surface area contributed by atoms with Gasteiger partial charge < -0.3 is 21.7 Å². The molecule has 7 unspecified atom stereocenters. The van der Waals surface area contributed by atoms with Crippen molar-refractivity contribution in [2.45, 2.75) is 207 Å². The minimum atomic E-state index is -0.176. The van der Waals surface area contributed by atoms with Crippen LogP contribution in [0.1, 0.15) is 190 Å². The van der Waals surface area contributed by atoms with Gasteiger partial charge in [-0.15, -0.1) is 0 Å². The molecule has 3 fully saturated rings. The van der Waals surface area contributed by atoms with Crippen LogP contribution in [-0.4, -0.2) is 59.1 Å². The molecule has 1 amide bonds. The molecule has 0 aliphatic heterocycles. The minimum Gasteiger partial charge on any atom is -0.343 e. The molecule has 0 heterocycles. The zero-order valence-electron chi connectivity index (χ0n) is 36.8. The molecule has 0 aromatic rings. The van der Waals surface area contributed by atoms with E-state index in [0.717, 1.165) is 113 Å². The van der Waals surface area contributed by atoms with E-state index < -0.39 is 0 Å². The highest BCUT2D eigenvalue weighted by atomic mass is 33.1. The fourth-order valence-corrected chi connectivity index (χ4v) is 14.2. The summed E-state index contributed by atoms with van der Waals surface area (Å²) in [6, 6.07) is 0. The lowest BCUT2D eigenvalue weighted by Crippen LogP contribution is -2.50. The molecule has 314 valence electrons. The number of carbonyl (C=O) groups excluding carboxylic acids is 1. The van der Waals surface area contributed by atoms with Gasteiger partial charge in [-0.05, 0) is 163 Å². The Morgan fingerprint density at radius 3 is 2.31 bits per heavy atom. The van der Waals surface area contributed by atoms with Gasteiger partial charge in [-0.2, -0.15) is 0 Å². The van der Waals surface area contributed by atoms with Crippen LogP contribution in [0.2, 0.25) is 0 Å². The van der Waals surface area contributed by atoms with Crippen LogP contribution < -0.4 is 16.8 Å². The molecule has 0 bridgehead atoms. The summed E-state index contributed by atoms with van der Waals surface area (Å²) in [7, 11) is 4.05. The van der Waals surface area contributed by atoms with Gasteiger partial charge in [-0.3, -0.25) is 4.79 Å². The number of carbonyl (C=O) groups is 1. The van der Waals surface area contributed by atoms with Crippen molar-refractivity contribution >= 4 is 27.5 Å². The predicted molar refractivity (Wildman–Crippen MR) is 240 cm³/mol. The van der Waals surface area contributed by atoms with E-state index in [2.05, 4.69) is 82.5 Å². The quantitative estimate of drug-likeness (QED) is 0.0485. The van der Waals surface area contributed by atoms with E-state index >= 15 is 0 Å². The van der Waals surface area contributed by atoms with E-state index in [-0.39, 0.29) is 11.1 Å². The maximum Gasteiger partial charge on any atom is 0.223 e. The van der Waals surface area contributed by atoms with E-state index in [1.54, 1.807) is 5.57 Å². The van der Waals surface area contributed by atoms with Gasteiger partial charge in [0.25, 0.3) is 0 Å². The minimum absolute atomic E-state index is 0.0437. The predicted octanol–water partition coefficient (Wildman–Crippen LogP) is 11.9. The summed E-state index contributed by atoms with van der Waals surface area (Å²) in [5.74, 6) is 5.80. The number of unbranched alkanes of at least 4 members (excludes halogenated alkanes) is 2. The Labute approximate surface area is 343 Å². The van der Waals surface area contributed by atoms with E-state index in [0.29, 0.717) is 28.4 Å². The maximum atomic E-state index is 13.6. The molecule has 4 rings (SSSR count). The number of hydrogen-bond acceptors (Lipinski definition) is 6. The van der Waals surface area contributed by atoms with Crippen LogP contribution in [0.5, 0.6) is 0 Å². The molecule has 0 spiro atoms. The lowest BCUT2D eigenvalue weighted by Gasteiger charge is -2.58. The summed E-state index contributed by atoms with van der Waals surface area (Å²) in [5, 5.41) is 4.29. The highest BCUT2D eigenvalue weighted by Crippen LogP contribution is 2.67. The first-order valence-corrected chi connectivity index (χ1v) is 25.7. The number of amides is 1. The van der Waals surface area contributed by atoms with Crippen LogP contribution in [0.15, 0.2) is 11.6 Å². The Bertz CT molecular complexity index is 1150. The molecule has 54 heavy (non-hydrogen) atoms. The van der Waals surface area contributed by atoms with Crippen molar-refractivity contribution in [3.63, 3.8) is 0 Å². The molecule has 0 aromatic carbocycles. The fraction of sp³-hybridized carbons (Fsp3) is 0.936. The van der Waals surface area contributed by atoms with Gasteiger partial charge in [-0.25, -0.2) is 0 Å². The van der Waals surface area contributed by atoms with Gasteiger partial charge in [0.1, 0.15) is 0 Å². The van der Waals surface area contributed by atoms with Crippen LogP contribution in [0.25, 0.3) is 0 Å². The Balaban J connectivity index is 1.21. The van der Waals surface area contributed by atoms with Crippen LogP contribution in [0.3, 0.4) is 0 Å². The number of nitrogens with two attached hydrogens (primary N) is 2. The number of hydrogen-bond donors (Lipinski definition) is 3. The summed E-state index contributed by atoms with van der Waals surface area (Å²) in [6.45, 7) is 22.5. The first-order valence-electron chi connectivity index (χ1n) is 23.3. The summed E-state index contributed by atoms with van der Waals surface area (Å²) in [4.78, 5) is 15.8. The number of rotatable bonds is 25. The zero-order chi connectivity index (χ0) is 39.4. The van der Waals surface area contributed by atoms with Crippen molar-refractivity contribution in [3.8, 4) is 0 Å². The van der Waals surface area contributed by atoms with Gasteiger partial charge in [0.15, 0.2) is 0 Å². The Morgan fingerprint density at radius 1 is 0.889 bits per heavy atom. The first-order chi connectivity index (χ1) is 25.8. The molecule has 0 aromatic heterocycles. The number of allylic oxidation sites excluding steroid dienone is 2. The lowest BCUT2D eigenvalue weighted by molar-refractivity contribution is -0.131. The normalized spacial score (nSPS) is 29.8. The standard InChI is InChI=1S/C47H88N4OS2/c1-9-46(48,10-2)28-31-50-30-15-16-32-51(33-29-47(49,11-3)12-4)43(52)25-34-53-54-39-23-26-45(8)38(35-39)19-21-40-41-22-20-37(18-14-13-17-36(5)6)44(41,7)27-24-42(40)45/h19,36-37,39-42,50H,9-18,20-35,48-49H2,1-8H3. The topological polar surface area (TPSA) is 84.4 Å². The number of fused-ring (bicyclic) bond motifs is 5. The van der Waals surface area contributed by atoms with Crippen molar-refractivity contribution in [2.75, 3.05) is 31.9 Å². The van der Waals surface area contributed by atoms with Crippen LogP contribution in [-0.2, 0) is 4.79 Å². The maximum absolute atomic E-state index is 13.6. The van der Waals surface area contributed by atoms with E-state index in [1.165, 1.54) is 77.0 Å². The van der Waals surface area contributed by atoms with E-state index in [1.807, 2.05) is 10.8 Å². The largest absolute Gasteiger partial charge is 0.343 e. The molecule has 7 atom stereocenters. The summed E-state index contributed by atoms with van der Waals surface area (Å²) < 4.78 is 0. The number of nitrogens with one attached hydrogen (secondary N) is 1. The average Bonchev–Trinajstić information content (AvgIpc) is 3.51. The van der Waals surface area contributed by atoms with Gasteiger partial charge in [-0.1, -0.05) is 108 Å². The van der Waals surface area contributed by atoms with E-state index in [4.69, 9.17) is 11.5 Å². The zero-order valence-corrected chi connectivity index (χ0v) is 38.4. The first kappa shape index (κ1) is 46.5. The lowest BCUT2D eigenvalue weighted by atomic mass is 9.47. The summed E-state index contributed by atoms with van der Waals surface area (Å²) in [6.07, 6.45) is 28.3. The molecule has 4 aliphatic rings. The second-order valence-electron chi connectivity index (χ2n) is 19.8. The third-order valence-corrected chi connectivity index (χ3v) is 19.2. The molecule has 5 N–H and O–H groups in total. The smallest absolute Gasteiger partial charge is 0.223 e. The van der Waals surface area contributed by atoms with Crippen molar-refractivity contribution < 1.29 is 4.79 Å². The highest BCUT2D eigenvalue weighted by molar-refractivity contribution is 8.76.